The van der Waals surface area contributed by atoms with Crippen LogP contribution >= 0.6 is 0 Å². The number of hydrogen-bond acceptors (Lipinski definition) is 11. The lowest BCUT2D eigenvalue weighted by atomic mass is 9.68. The van der Waals surface area contributed by atoms with Gasteiger partial charge in [0.2, 0.25) is 0 Å². The lowest BCUT2D eigenvalue weighted by Gasteiger charge is -2.39. The Balaban J connectivity index is 0.000000144. The molecule has 0 aliphatic heterocycles. The Labute approximate surface area is 834 Å². The summed E-state index contributed by atoms with van der Waals surface area (Å²) >= 11 is 0. The standard InChI is InChI=1S/C27H50N2.C21H40N2.C21H34N2.C14H27N.C14H21N.C14H27N.C13H26N2/c1-20-2-4-21(5-3-20)18-23-8-14-26(15-9-23)29-27-16-10-24(11-17-27)19-22-6-12-25(28)13-7-22;2*1-15-2-4-16(5-3-15)12-18-8-11-21(23)19(14-18)13-17-6-9-20(22)10-7-17;2*1-11-2-4-12(5-3-11)10-13-6-8-14(15)9-7-13;1-11-6-8-12(9-7-11)10-13-4-2-3-5-14(13)15;14-12-7-3-1-5-10(12)9-11-6-2-4-8-13(11)15/h20-27,29H,2-19,28H2,1H3;15-21H,2-14,22-23H2,1H3;8,11,14-17,20H,2-7,9-10,12-13,22-23H2,1H3;11-14H,2-10,15H2,1H3;2-5,13-14H,6-10,15H2,1H3;11-14H,2-10,15H2,1H3;10-13H,1-9,14-15H2. The number of nitrogens with two attached hydrogens (primary N) is 10. The second-order valence-corrected chi connectivity index (χ2v) is 52.6. The largest absolute Gasteiger partial charge is 0.399 e. The molecule has 0 radical (unpaired) electrons. The van der Waals surface area contributed by atoms with Gasteiger partial charge in [-0.15, -0.1) is 0 Å². The molecule has 16 aliphatic rings. The van der Waals surface area contributed by atoms with Crippen molar-refractivity contribution in [3.63, 3.8) is 0 Å². The fraction of sp³-hybridized carbons (Fsp3) is 0.903. The third-order valence-corrected chi connectivity index (χ3v) is 40.8. The Morgan fingerprint density at radius 3 is 0.807 bits per heavy atom. The minimum Gasteiger partial charge on any atom is -0.399 e. The van der Waals surface area contributed by atoms with Gasteiger partial charge in [0.1, 0.15) is 0 Å². The average molecular weight is 1870 g/mol. The highest BCUT2D eigenvalue weighted by atomic mass is 15.0. The first kappa shape index (κ1) is 112. The first-order valence-electron chi connectivity index (χ1n) is 60.8. The van der Waals surface area contributed by atoms with Gasteiger partial charge >= 0.3 is 0 Å². The fourth-order valence-electron chi connectivity index (χ4n) is 30.6. The van der Waals surface area contributed by atoms with Crippen LogP contribution in [0.25, 0.3) is 0 Å². The predicted molar refractivity (Wildman–Crippen MR) is 584 cm³/mol. The van der Waals surface area contributed by atoms with Crippen LogP contribution in [0.2, 0.25) is 0 Å². The molecule has 2 aromatic carbocycles. The molecule has 0 bridgehead atoms. The van der Waals surface area contributed by atoms with Gasteiger partial charge in [-0.1, -0.05) is 231 Å². The van der Waals surface area contributed by atoms with Crippen LogP contribution in [0.15, 0.2) is 42.5 Å². The van der Waals surface area contributed by atoms with Crippen molar-refractivity contribution >= 4 is 5.69 Å². The van der Waals surface area contributed by atoms with E-state index in [0.717, 1.165) is 154 Å². The van der Waals surface area contributed by atoms with E-state index in [9.17, 15) is 0 Å². The van der Waals surface area contributed by atoms with Crippen LogP contribution in [-0.4, -0.2) is 66.5 Å². The molecule has 0 heterocycles. The van der Waals surface area contributed by atoms with Crippen LogP contribution in [0, 0.1) is 137 Å². The summed E-state index contributed by atoms with van der Waals surface area (Å²) in [6.45, 7) is 14.2. The first-order valence-corrected chi connectivity index (χ1v) is 60.8. The molecular formula is C124H225N11. The maximum atomic E-state index is 6.51. The molecule has 0 aromatic heterocycles. The van der Waals surface area contributed by atoms with Crippen LogP contribution in [0.4, 0.5) is 5.69 Å². The van der Waals surface area contributed by atoms with E-state index in [-0.39, 0.29) is 0 Å². The summed E-state index contributed by atoms with van der Waals surface area (Å²) in [5.74, 6) is 20.8. The molecule has 9 unspecified atom stereocenters. The zero-order valence-corrected chi connectivity index (χ0v) is 89.5. The fourth-order valence-corrected chi connectivity index (χ4v) is 30.6. The average Bonchev–Trinajstić information content (AvgIpc) is 0.846. The Hall–Kier alpha value is -2.16. The second-order valence-electron chi connectivity index (χ2n) is 52.6. The minimum atomic E-state index is 0.434. The molecule has 0 spiro atoms. The van der Waals surface area contributed by atoms with Crippen molar-refractivity contribution in [1.82, 2.24) is 5.32 Å². The van der Waals surface area contributed by atoms with E-state index in [2.05, 4.69) is 89.3 Å². The van der Waals surface area contributed by atoms with Gasteiger partial charge in [0.25, 0.3) is 0 Å². The van der Waals surface area contributed by atoms with Gasteiger partial charge in [-0.25, -0.2) is 0 Å². The van der Waals surface area contributed by atoms with E-state index >= 15 is 0 Å². The molecule has 18 rings (SSSR count). The number of aryl methyl sites for hydroxylation is 1. The van der Waals surface area contributed by atoms with Gasteiger partial charge in [0.15, 0.2) is 0 Å². The number of anilines is 1. The summed E-state index contributed by atoms with van der Waals surface area (Å²) in [5.41, 5.74) is 68.2. The smallest absolute Gasteiger partial charge is 0.0346 e. The van der Waals surface area contributed by atoms with Gasteiger partial charge in [-0.05, 0) is 474 Å². The summed E-state index contributed by atoms with van der Waals surface area (Å²) in [6, 6.07) is 21.8. The maximum Gasteiger partial charge on any atom is 0.0346 e. The number of benzene rings is 2. The van der Waals surface area contributed by atoms with Crippen LogP contribution < -0.4 is 62.7 Å². The van der Waals surface area contributed by atoms with Gasteiger partial charge in [-0.2, -0.15) is 0 Å². The van der Waals surface area contributed by atoms with Gasteiger partial charge < -0.3 is 62.7 Å². The minimum absolute atomic E-state index is 0.434. The predicted octanol–water partition coefficient (Wildman–Crippen LogP) is 29.3. The third kappa shape index (κ3) is 41.7. The van der Waals surface area contributed by atoms with Gasteiger partial charge in [0.05, 0.1) is 0 Å². The molecule has 11 nitrogen and oxygen atoms in total. The van der Waals surface area contributed by atoms with Crippen molar-refractivity contribution < 1.29 is 0 Å². The summed E-state index contributed by atoms with van der Waals surface area (Å²) in [5, 5.41) is 4.10. The van der Waals surface area contributed by atoms with Crippen molar-refractivity contribution in [1.29, 1.82) is 0 Å². The van der Waals surface area contributed by atoms with Gasteiger partial charge in [-0.3, -0.25) is 0 Å². The van der Waals surface area contributed by atoms with E-state index in [1.807, 2.05) is 0 Å². The molecule has 11 heteroatoms. The lowest BCUT2D eigenvalue weighted by molar-refractivity contribution is 0.147. The number of hydrogen-bond donors (Lipinski definition) is 11. The zero-order chi connectivity index (χ0) is 95.2. The molecule has 16 fully saturated rings. The molecule has 0 amide bonds. The van der Waals surface area contributed by atoms with Crippen molar-refractivity contribution in [2.45, 2.75) is 577 Å². The topological polar surface area (TPSA) is 272 Å². The van der Waals surface area contributed by atoms with E-state index in [1.165, 1.54) is 478 Å². The van der Waals surface area contributed by atoms with E-state index < -0.39 is 0 Å². The molecule has 2 aromatic rings. The third-order valence-electron chi connectivity index (χ3n) is 40.8. The molecule has 9 atom stereocenters. The highest BCUT2D eigenvalue weighted by Gasteiger charge is 2.38. The van der Waals surface area contributed by atoms with Crippen LogP contribution in [0.5, 0.6) is 0 Å². The van der Waals surface area contributed by atoms with E-state index in [4.69, 9.17) is 57.3 Å². The Bertz CT molecular complexity index is 3240. The summed E-state index contributed by atoms with van der Waals surface area (Å²) in [4.78, 5) is 0. The van der Waals surface area contributed by atoms with Crippen LogP contribution in [0.1, 0.15) is 506 Å². The first-order chi connectivity index (χ1) is 65.3. The normalized spacial score (nSPS) is 40.0. The van der Waals surface area contributed by atoms with Crippen LogP contribution in [0.3, 0.4) is 0 Å². The van der Waals surface area contributed by atoms with E-state index in [0.29, 0.717) is 54.4 Å². The van der Waals surface area contributed by atoms with Crippen molar-refractivity contribution in [2.24, 2.45) is 182 Å². The Kier molecular flexibility index (Phi) is 50.2. The van der Waals surface area contributed by atoms with Crippen molar-refractivity contribution in [2.75, 3.05) is 5.73 Å². The highest BCUT2D eigenvalue weighted by molar-refractivity contribution is 5.49. The molecule has 0 saturated heterocycles. The molecule has 16 aliphatic carbocycles. The monoisotopic (exact) mass is 1870 g/mol. The molecule has 776 valence electrons. The second kappa shape index (κ2) is 60.7. The summed E-state index contributed by atoms with van der Waals surface area (Å²) < 4.78 is 0. The van der Waals surface area contributed by atoms with Crippen molar-refractivity contribution in [3.8, 4) is 0 Å². The molecule has 16 saturated carbocycles. The highest BCUT2D eigenvalue weighted by Crippen LogP contribution is 2.47. The molecule has 21 N–H and O–H groups in total. The molecular weight excluding hydrogens is 1640 g/mol. The number of nitrogens with one attached hydrogen (secondary N) is 1. The lowest BCUT2D eigenvalue weighted by Crippen LogP contribution is -2.42. The van der Waals surface area contributed by atoms with Crippen LogP contribution in [-0.2, 0) is 19.3 Å². The quantitative estimate of drug-likeness (QED) is 0.0493. The molecule has 135 heavy (non-hydrogen) atoms. The Morgan fingerprint density at radius 2 is 0.467 bits per heavy atom. The SMILES string of the molecule is CC1CCC(CC2CCC(N)C(CC3CCC(N)CC3)C2)CC1.CC1CCC(CC2CCC(N)CC2)CC1.CC1CCC(CC2CCC(NC3CCC(CC4CCC(N)CC4)CC3)CC2)CC1.CC1CCC(CC2CCCCC2N)CC1.CC1CCC(Cc2ccc(N)c(CC3CCC(N)CC3)c2)CC1.Cc1ccc(CC2CCC(N)CC2)cc1.NC1CCCCC1CC1CCCCC1N. The summed E-state index contributed by atoms with van der Waals surface area (Å²) in [6.07, 6.45) is 101. The maximum absolute atomic E-state index is 6.51. The van der Waals surface area contributed by atoms with Gasteiger partial charge in [0, 0.05) is 72.1 Å². The summed E-state index contributed by atoms with van der Waals surface area (Å²) in [7, 11) is 0. The number of nitrogen functional groups attached to an aromatic ring is 1. The Morgan fingerprint density at radius 1 is 0.222 bits per heavy atom. The van der Waals surface area contributed by atoms with E-state index in [1.54, 1.807) is 6.42 Å². The zero-order valence-electron chi connectivity index (χ0n) is 89.5. The van der Waals surface area contributed by atoms with Crippen molar-refractivity contribution in [3.05, 3.63) is 64.7 Å². The number of rotatable bonds is 22.